The minimum absolute atomic E-state index is 0.270. The van der Waals surface area contributed by atoms with Crippen molar-refractivity contribution in [2.75, 3.05) is 5.32 Å². The van der Waals surface area contributed by atoms with E-state index in [0.717, 1.165) is 16.0 Å². The molecule has 1 amide bonds. The standard InChI is InChI=1S/C17H11FN2O2S/c18-10-5-7-11(8-6-10)19-17(21)15-13-9-23-14-4-2-1-3-12(14)16(13)22-20-15/h1-8H,9H2,(H,19,21). The van der Waals surface area contributed by atoms with Crippen molar-refractivity contribution in [1.29, 1.82) is 0 Å². The molecule has 23 heavy (non-hydrogen) atoms. The van der Waals surface area contributed by atoms with Crippen LogP contribution in [0.1, 0.15) is 16.1 Å². The maximum atomic E-state index is 12.9. The molecule has 4 rings (SSSR count). The fourth-order valence-corrected chi connectivity index (χ4v) is 3.55. The first-order valence-electron chi connectivity index (χ1n) is 7.00. The number of amides is 1. The first-order valence-corrected chi connectivity index (χ1v) is 7.98. The van der Waals surface area contributed by atoms with Crippen LogP contribution in [0.25, 0.3) is 11.3 Å². The van der Waals surface area contributed by atoms with Crippen LogP contribution in [0.4, 0.5) is 10.1 Å². The van der Waals surface area contributed by atoms with Crippen LogP contribution < -0.4 is 5.32 Å². The molecule has 114 valence electrons. The summed E-state index contributed by atoms with van der Waals surface area (Å²) in [6.07, 6.45) is 0. The molecule has 6 heteroatoms. The predicted octanol–water partition coefficient (Wildman–Crippen LogP) is 4.34. The highest BCUT2D eigenvalue weighted by Crippen LogP contribution is 2.42. The predicted molar refractivity (Wildman–Crippen MR) is 85.9 cm³/mol. The molecule has 2 aromatic carbocycles. The molecule has 1 aromatic heterocycles. The molecule has 0 radical (unpaired) electrons. The number of hydrogen-bond acceptors (Lipinski definition) is 4. The number of aromatic nitrogens is 1. The zero-order valence-corrected chi connectivity index (χ0v) is 12.7. The van der Waals surface area contributed by atoms with Crippen molar-refractivity contribution < 1.29 is 13.7 Å². The average Bonchev–Trinajstić information content (AvgIpc) is 3.01. The summed E-state index contributed by atoms with van der Waals surface area (Å²) >= 11 is 1.65. The number of halogens is 1. The minimum Gasteiger partial charge on any atom is -0.355 e. The van der Waals surface area contributed by atoms with Gasteiger partial charge in [0.05, 0.1) is 0 Å². The number of hydrogen-bond donors (Lipinski definition) is 1. The second kappa shape index (κ2) is 5.55. The normalized spacial score (nSPS) is 12.4. The van der Waals surface area contributed by atoms with E-state index in [4.69, 9.17) is 4.52 Å². The molecule has 2 heterocycles. The van der Waals surface area contributed by atoms with Gasteiger partial charge in [0.25, 0.3) is 5.91 Å². The maximum absolute atomic E-state index is 12.9. The summed E-state index contributed by atoms with van der Waals surface area (Å²) < 4.78 is 18.3. The van der Waals surface area contributed by atoms with Crippen molar-refractivity contribution in [3.8, 4) is 11.3 Å². The van der Waals surface area contributed by atoms with Gasteiger partial charge in [-0.1, -0.05) is 17.3 Å². The Morgan fingerprint density at radius 2 is 1.96 bits per heavy atom. The van der Waals surface area contributed by atoms with Gasteiger partial charge in [0.15, 0.2) is 11.5 Å². The van der Waals surface area contributed by atoms with E-state index in [1.165, 1.54) is 24.3 Å². The molecule has 0 unspecified atom stereocenters. The van der Waals surface area contributed by atoms with Crippen LogP contribution in [0.5, 0.6) is 0 Å². The Morgan fingerprint density at radius 3 is 2.78 bits per heavy atom. The second-order valence-corrected chi connectivity index (χ2v) is 6.10. The van der Waals surface area contributed by atoms with E-state index < -0.39 is 0 Å². The van der Waals surface area contributed by atoms with Crippen LogP contribution in [0.15, 0.2) is 57.9 Å². The van der Waals surface area contributed by atoms with Gasteiger partial charge in [0, 0.05) is 27.5 Å². The third kappa shape index (κ3) is 2.51. The molecule has 1 aliphatic heterocycles. The van der Waals surface area contributed by atoms with E-state index in [2.05, 4.69) is 10.5 Å². The molecule has 0 fully saturated rings. The van der Waals surface area contributed by atoms with E-state index in [9.17, 15) is 9.18 Å². The third-order valence-electron chi connectivity index (χ3n) is 3.61. The van der Waals surface area contributed by atoms with E-state index in [0.29, 0.717) is 17.2 Å². The highest BCUT2D eigenvalue weighted by molar-refractivity contribution is 7.98. The Kier molecular flexibility index (Phi) is 3.38. The lowest BCUT2D eigenvalue weighted by Gasteiger charge is -2.13. The molecule has 0 bridgehead atoms. The van der Waals surface area contributed by atoms with Crippen LogP contribution in [0.3, 0.4) is 0 Å². The van der Waals surface area contributed by atoms with Gasteiger partial charge in [-0.25, -0.2) is 4.39 Å². The molecule has 1 aliphatic rings. The summed E-state index contributed by atoms with van der Waals surface area (Å²) in [6, 6.07) is 13.5. The smallest absolute Gasteiger partial charge is 0.278 e. The van der Waals surface area contributed by atoms with Crippen LogP contribution in [0, 0.1) is 5.82 Å². The largest absolute Gasteiger partial charge is 0.355 e. The third-order valence-corrected chi connectivity index (χ3v) is 4.71. The van der Waals surface area contributed by atoms with Crippen molar-refractivity contribution in [2.24, 2.45) is 0 Å². The monoisotopic (exact) mass is 326 g/mol. The minimum atomic E-state index is -0.360. The quantitative estimate of drug-likeness (QED) is 0.761. The SMILES string of the molecule is O=C(Nc1ccc(F)cc1)c1noc2c1CSc1ccccc1-2. The van der Waals surface area contributed by atoms with Gasteiger partial charge in [0.1, 0.15) is 5.82 Å². The lowest BCUT2D eigenvalue weighted by Crippen LogP contribution is -2.14. The summed E-state index contributed by atoms with van der Waals surface area (Å²) in [5.74, 6) is 0.558. The van der Waals surface area contributed by atoms with Crippen molar-refractivity contribution in [3.05, 3.63) is 65.6 Å². The second-order valence-electron chi connectivity index (χ2n) is 5.08. The number of carbonyl (C=O) groups excluding carboxylic acids is 1. The first kappa shape index (κ1) is 14.0. The number of rotatable bonds is 2. The zero-order chi connectivity index (χ0) is 15.8. The summed E-state index contributed by atoms with van der Waals surface area (Å²) in [7, 11) is 0. The van der Waals surface area contributed by atoms with Gasteiger partial charge in [-0.05, 0) is 36.4 Å². The van der Waals surface area contributed by atoms with Crippen molar-refractivity contribution >= 4 is 23.4 Å². The Hall–Kier alpha value is -2.60. The molecule has 0 saturated heterocycles. The lowest BCUT2D eigenvalue weighted by molar-refractivity contribution is 0.101. The number of thioether (sulfide) groups is 1. The van der Waals surface area contributed by atoms with Crippen LogP contribution >= 0.6 is 11.8 Å². The molecular formula is C17H11FN2O2S. The van der Waals surface area contributed by atoms with E-state index in [-0.39, 0.29) is 17.4 Å². The molecule has 0 aliphatic carbocycles. The van der Waals surface area contributed by atoms with Gasteiger partial charge in [-0.15, -0.1) is 11.8 Å². The van der Waals surface area contributed by atoms with E-state index >= 15 is 0 Å². The van der Waals surface area contributed by atoms with Crippen molar-refractivity contribution in [2.45, 2.75) is 10.6 Å². The van der Waals surface area contributed by atoms with Crippen LogP contribution in [-0.2, 0) is 5.75 Å². The van der Waals surface area contributed by atoms with E-state index in [1.54, 1.807) is 11.8 Å². The summed E-state index contributed by atoms with van der Waals surface area (Å²) in [5.41, 5.74) is 2.52. The van der Waals surface area contributed by atoms with Crippen LogP contribution in [-0.4, -0.2) is 11.1 Å². The molecule has 1 N–H and O–H groups in total. The molecule has 0 atom stereocenters. The van der Waals surface area contributed by atoms with Gasteiger partial charge in [0.2, 0.25) is 0 Å². The number of nitrogens with one attached hydrogen (secondary N) is 1. The van der Waals surface area contributed by atoms with Crippen molar-refractivity contribution in [3.63, 3.8) is 0 Å². The van der Waals surface area contributed by atoms with Crippen LogP contribution in [0.2, 0.25) is 0 Å². The zero-order valence-electron chi connectivity index (χ0n) is 11.9. The molecular weight excluding hydrogens is 315 g/mol. The molecule has 3 aromatic rings. The Labute approximate surface area is 135 Å². The summed E-state index contributed by atoms with van der Waals surface area (Å²) in [6.45, 7) is 0. The highest BCUT2D eigenvalue weighted by Gasteiger charge is 2.27. The Bertz CT molecular complexity index is 890. The topological polar surface area (TPSA) is 55.1 Å². The fraction of sp³-hybridized carbons (Fsp3) is 0.0588. The maximum Gasteiger partial charge on any atom is 0.278 e. The Morgan fingerprint density at radius 1 is 1.17 bits per heavy atom. The highest BCUT2D eigenvalue weighted by atomic mass is 32.2. The fourth-order valence-electron chi connectivity index (χ4n) is 2.49. The molecule has 0 spiro atoms. The van der Waals surface area contributed by atoms with Crippen molar-refractivity contribution in [1.82, 2.24) is 5.16 Å². The average molecular weight is 326 g/mol. The van der Waals surface area contributed by atoms with Gasteiger partial charge in [-0.2, -0.15) is 0 Å². The van der Waals surface area contributed by atoms with Gasteiger partial charge in [-0.3, -0.25) is 4.79 Å². The van der Waals surface area contributed by atoms with Gasteiger partial charge >= 0.3 is 0 Å². The first-order chi connectivity index (χ1) is 11.2. The number of fused-ring (bicyclic) bond motifs is 3. The van der Waals surface area contributed by atoms with Gasteiger partial charge < -0.3 is 9.84 Å². The molecule has 4 nitrogen and oxygen atoms in total. The number of carbonyl (C=O) groups is 1. The molecule has 0 saturated carbocycles. The summed E-state index contributed by atoms with van der Waals surface area (Å²) in [4.78, 5) is 13.5. The summed E-state index contributed by atoms with van der Waals surface area (Å²) in [5, 5.41) is 6.64. The lowest BCUT2D eigenvalue weighted by atomic mass is 10.1. The number of anilines is 1. The number of benzene rings is 2. The number of nitrogens with zero attached hydrogens (tertiary/aromatic N) is 1. The Balaban J connectivity index is 1.65. The van der Waals surface area contributed by atoms with E-state index in [1.807, 2.05) is 24.3 Å².